The largest absolute Gasteiger partial charge is 0.463 e. The number of aromatic nitrogens is 1. The van der Waals surface area contributed by atoms with Crippen LogP contribution in [0.5, 0.6) is 5.75 Å². The number of hydrogen-bond donors (Lipinski definition) is 0. The zero-order valence-electron chi connectivity index (χ0n) is 10.7. The number of fused-ring (bicyclic) bond motifs is 1. The molecule has 1 aromatic heterocycles. The number of rotatable bonds is 5. The van der Waals surface area contributed by atoms with Gasteiger partial charge in [0.25, 0.3) is 0 Å². The van der Waals surface area contributed by atoms with Crippen molar-refractivity contribution in [1.29, 1.82) is 0 Å². The van der Waals surface area contributed by atoms with Crippen molar-refractivity contribution in [2.45, 2.75) is 58.3 Å². The molecule has 0 aromatic carbocycles. The molecule has 2 heterocycles. The Bertz CT molecular complexity index is 354. The van der Waals surface area contributed by atoms with Gasteiger partial charge >= 0.3 is 0 Å². The van der Waals surface area contributed by atoms with Gasteiger partial charge in [0.1, 0.15) is 5.75 Å². The number of nitrogens with zero attached hydrogens (tertiary/aromatic N) is 1. The summed E-state index contributed by atoms with van der Waals surface area (Å²) in [6.45, 7) is 4.35. The minimum absolute atomic E-state index is 0.0943. The zero-order chi connectivity index (χ0) is 12.1. The van der Waals surface area contributed by atoms with Crippen molar-refractivity contribution in [3.8, 4) is 5.75 Å². The van der Waals surface area contributed by atoms with Crippen LogP contribution in [0.25, 0.3) is 0 Å². The minimum atomic E-state index is -0.0943. The van der Waals surface area contributed by atoms with E-state index < -0.39 is 0 Å². The average molecular weight is 235 g/mol. The Hall–Kier alpha value is -1.09. The Morgan fingerprint density at radius 3 is 2.94 bits per heavy atom. The van der Waals surface area contributed by atoms with E-state index in [9.17, 15) is 0 Å². The van der Waals surface area contributed by atoms with Crippen molar-refractivity contribution in [1.82, 2.24) is 4.98 Å². The van der Waals surface area contributed by atoms with Gasteiger partial charge in [0, 0.05) is 18.2 Å². The van der Waals surface area contributed by atoms with Crippen LogP contribution >= 0.6 is 0 Å². The zero-order valence-corrected chi connectivity index (χ0v) is 10.7. The molecule has 2 rings (SSSR count). The summed E-state index contributed by atoms with van der Waals surface area (Å²) in [4.78, 5) is 4.12. The van der Waals surface area contributed by atoms with E-state index >= 15 is 0 Å². The van der Waals surface area contributed by atoms with Crippen LogP contribution in [0.3, 0.4) is 0 Å². The molecule has 0 bridgehead atoms. The van der Waals surface area contributed by atoms with Crippen LogP contribution in [0.2, 0.25) is 0 Å². The van der Waals surface area contributed by atoms with Crippen molar-refractivity contribution in [3.63, 3.8) is 0 Å². The van der Waals surface area contributed by atoms with E-state index in [2.05, 4.69) is 18.8 Å². The Morgan fingerprint density at radius 1 is 1.29 bits per heavy atom. The maximum absolute atomic E-state index is 5.96. The molecule has 1 aromatic rings. The van der Waals surface area contributed by atoms with E-state index in [1.54, 1.807) is 12.4 Å². The van der Waals surface area contributed by atoms with Crippen molar-refractivity contribution >= 4 is 0 Å². The van der Waals surface area contributed by atoms with Crippen molar-refractivity contribution in [2.75, 3.05) is 0 Å². The van der Waals surface area contributed by atoms with Crippen LogP contribution in [0.1, 0.15) is 57.6 Å². The highest BCUT2D eigenvalue weighted by Gasteiger charge is 2.27. The lowest BCUT2D eigenvalue weighted by Gasteiger charge is -2.31. The molecule has 0 saturated heterocycles. The van der Waals surface area contributed by atoms with Gasteiger partial charge in [-0.2, -0.15) is 0 Å². The first-order chi connectivity index (χ1) is 8.35. The third-order valence-electron chi connectivity index (χ3n) is 3.15. The quantitative estimate of drug-likeness (QED) is 0.726. The van der Waals surface area contributed by atoms with Crippen LogP contribution in [0.15, 0.2) is 18.5 Å². The molecule has 2 atom stereocenters. The fourth-order valence-corrected chi connectivity index (χ4v) is 2.19. The average Bonchev–Trinajstić information content (AvgIpc) is 2.38. The maximum atomic E-state index is 5.96. The SMILES string of the molecule is CCCCCC1Oc2cnccc2C(CC)O1. The molecule has 94 valence electrons. The standard InChI is InChI=1S/C14H21NO2/c1-3-5-6-7-14-16-12(4-2)11-8-9-15-10-13(11)17-14/h8-10,12,14H,3-7H2,1-2H3. The molecule has 3 nitrogen and oxygen atoms in total. The molecular weight excluding hydrogens is 214 g/mol. The lowest BCUT2D eigenvalue weighted by Crippen LogP contribution is -2.28. The third-order valence-corrected chi connectivity index (χ3v) is 3.15. The number of unbranched alkanes of at least 4 members (excludes halogenated alkanes) is 2. The fourth-order valence-electron chi connectivity index (χ4n) is 2.19. The third kappa shape index (κ3) is 2.97. The summed E-state index contributed by atoms with van der Waals surface area (Å²) in [6.07, 6.45) is 9.23. The molecule has 17 heavy (non-hydrogen) atoms. The molecule has 0 saturated carbocycles. The molecule has 0 spiro atoms. The summed E-state index contributed by atoms with van der Waals surface area (Å²) < 4.78 is 11.8. The van der Waals surface area contributed by atoms with Gasteiger partial charge in [0.2, 0.25) is 6.29 Å². The lowest BCUT2D eigenvalue weighted by molar-refractivity contribution is -0.145. The van der Waals surface area contributed by atoms with Crippen molar-refractivity contribution in [2.24, 2.45) is 0 Å². The van der Waals surface area contributed by atoms with Crippen LogP contribution in [0, 0.1) is 0 Å². The van der Waals surface area contributed by atoms with Gasteiger partial charge in [-0.25, -0.2) is 0 Å². The van der Waals surface area contributed by atoms with Gasteiger partial charge in [-0.3, -0.25) is 4.98 Å². The highest BCUT2D eigenvalue weighted by Crippen LogP contribution is 2.36. The topological polar surface area (TPSA) is 31.4 Å². The summed E-state index contributed by atoms with van der Waals surface area (Å²) in [6, 6.07) is 1.99. The van der Waals surface area contributed by atoms with E-state index in [1.165, 1.54) is 12.8 Å². The first-order valence-electron chi connectivity index (χ1n) is 6.61. The van der Waals surface area contributed by atoms with Gasteiger partial charge in [-0.05, 0) is 18.9 Å². The van der Waals surface area contributed by atoms with E-state index in [1.807, 2.05) is 6.07 Å². The molecular formula is C14H21NO2. The van der Waals surface area contributed by atoms with Gasteiger partial charge in [-0.15, -0.1) is 0 Å². The number of hydrogen-bond acceptors (Lipinski definition) is 3. The Labute approximate surface area is 103 Å². The summed E-state index contributed by atoms with van der Waals surface area (Å²) in [5.41, 5.74) is 1.13. The molecule has 0 radical (unpaired) electrons. The van der Waals surface area contributed by atoms with E-state index in [-0.39, 0.29) is 12.4 Å². The molecule has 0 fully saturated rings. The highest BCUT2D eigenvalue weighted by molar-refractivity contribution is 5.33. The van der Waals surface area contributed by atoms with Gasteiger partial charge < -0.3 is 9.47 Å². The second-order valence-electron chi connectivity index (χ2n) is 4.49. The Kier molecular flexibility index (Phi) is 4.37. The predicted molar refractivity (Wildman–Crippen MR) is 66.9 cm³/mol. The van der Waals surface area contributed by atoms with Crippen LogP contribution in [-0.2, 0) is 4.74 Å². The van der Waals surface area contributed by atoms with E-state index in [0.29, 0.717) is 0 Å². The van der Waals surface area contributed by atoms with Crippen molar-refractivity contribution in [3.05, 3.63) is 24.0 Å². The lowest BCUT2D eigenvalue weighted by atomic mass is 10.1. The van der Waals surface area contributed by atoms with Gasteiger partial charge in [0.15, 0.2) is 0 Å². The second-order valence-corrected chi connectivity index (χ2v) is 4.49. The minimum Gasteiger partial charge on any atom is -0.463 e. The van der Waals surface area contributed by atoms with E-state index in [4.69, 9.17) is 9.47 Å². The normalized spacial score (nSPS) is 22.9. The first kappa shape index (κ1) is 12.4. The molecule has 0 N–H and O–H groups in total. The molecule has 0 amide bonds. The molecule has 3 heteroatoms. The number of ether oxygens (including phenoxy) is 2. The highest BCUT2D eigenvalue weighted by atomic mass is 16.7. The van der Waals surface area contributed by atoms with Crippen LogP contribution in [0.4, 0.5) is 0 Å². The number of pyridine rings is 1. The Balaban J connectivity index is 2.02. The predicted octanol–water partition coefficient (Wildman–Crippen LogP) is 3.85. The second kappa shape index (κ2) is 6.01. The summed E-state index contributed by atoms with van der Waals surface area (Å²) in [5, 5.41) is 0. The first-order valence-corrected chi connectivity index (χ1v) is 6.61. The monoisotopic (exact) mass is 235 g/mol. The summed E-state index contributed by atoms with van der Waals surface area (Å²) >= 11 is 0. The molecule has 1 aliphatic rings. The van der Waals surface area contributed by atoms with Gasteiger partial charge in [0.05, 0.1) is 12.3 Å². The summed E-state index contributed by atoms with van der Waals surface area (Å²) in [5.74, 6) is 0.895. The van der Waals surface area contributed by atoms with Crippen LogP contribution < -0.4 is 4.74 Å². The Morgan fingerprint density at radius 2 is 2.18 bits per heavy atom. The maximum Gasteiger partial charge on any atom is 0.200 e. The van der Waals surface area contributed by atoms with Crippen molar-refractivity contribution < 1.29 is 9.47 Å². The van der Waals surface area contributed by atoms with E-state index in [0.717, 1.165) is 30.6 Å². The fraction of sp³-hybridized carbons (Fsp3) is 0.643. The molecule has 2 unspecified atom stereocenters. The van der Waals surface area contributed by atoms with Gasteiger partial charge in [-0.1, -0.05) is 26.7 Å². The van der Waals surface area contributed by atoms with Crippen LogP contribution in [-0.4, -0.2) is 11.3 Å². The smallest absolute Gasteiger partial charge is 0.200 e. The molecule has 1 aliphatic heterocycles. The summed E-state index contributed by atoms with van der Waals surface area (Å²) in [7, 11) is 0. The molecule has 0 aliphatic carbocycles.